The molecule has 26 heavy (non-hydrogen) atoms. The molecule has 0 saturated heterocycles. The van der Waals surface area contributed by atoms with Gasteiger partial charge in [-0.2, -0.15) is 5.10 Å². The summed E-state index contributed by atoms with van der Waals surface area (Å²) < 4.78 is 8.59. The molecule has 0 unspecified atom stereocenters. The number of fused-ring (bicyclic) bond motifs is 1. The fourth-order valence-electron chi connectivity index (χ4n) is 2.79. The third-order valence-corrected chi connectivity index (χ3v) is 4.52. The normalized spacial score (nSPS) is 15.5. The first kappa shape index (κ1) is 18.4. The van der Waals surface area contributed by atoms with Crippen LogP contribution in [0.2, 0.25) is 5.02 Å². The Morgan fingerprint density at radius 1 is 1.50 bits per heavy atom. The van der Waals surface area contributed by atoms with Gasteiger partial charge in [0, 0.05) is 12.7 Å². The second-order valence-electron chi connectivity index (χ2n) is 6.41. The maximum absolute atomic E-state index is 12.5. The number of rotatable bonds is 4. The average Bonchev–Trinajstić information content (AvgIpc) is 2.96. The second kappa shape index (κ2) is 6.73. The molecule has 3 rings (SSSR count). The van der Waals surface area contributed by atoms with Gasteiger partial charge >= 0.3 is 0 Å². The summed E-state index contributed by atoms with van der Waals surface area (Å²) in [4.78, 5) is 29.1. The maximum atomic E-state index is 12.5. The molecule has 0 atom stereocenters. The van der Waals surface area contributed by atoms with Crippen molar-refractivity contribution < 1.29 is 14.6 Å². The standard InChI is InChI=1S/C16H20ClN5O4/c1-4-21-8-9(17)10(20-21)7-18-13(24)11-12(23)14(25)22-5-6-26-16(2,3)15(22)19-11/h8,23H,4-7H2,1-3H3,(H,18,24). The van der Waals surface area contributed by atoms with Gasteiger partial charge in [0.2, 0.25) is 5.75 Å². The smallest absolute Gasteiger partial charge is 0.296 e. The van der Waals surface area contributed by atoms with Crippen LogP contribution in [0.3, 0.4) is 0 Å². The fraction of sp³-hybridized carbons (Fsp3) is 0.500. The van der Waals surface area contributed by atoms with Crippen molar-refractivity contribution in [1.82, 2.24) is 24.6 Å². The highest BCUT2D eigenvalue weighted by Crippen LogP contribution is 2.27. The molecule has 0 radical (unpaired) electrons. The Hall–Kier alpha value is -2.39. The van der Waals surface area contributed by atoms with Crippen molar-refractivity contribution in [2.24, 2.45) is 0 Å². The zero-order chi connectivity index (χ0) is 19.1. The summed E-state index contributed by atoms with van der Waals surface area (Å²) in [7, 11) is 0. The fourth-order valence-corrected chi connectivity index (χ4v) is 3.01. The zero-order valence-corrected chi connectivity index (χ0v) is 15.5. The summed E-state index contributed by atoms with van der Waals surface area (Å²) in [5.41, 5.74) is -1.36. The van der Waals surface area contributed by atoms with Crippen LogP contribution in [-0.4, -0.2) is 37.0 Å². The van der Waals surface area contributed by atoms with Gasteiger partial charge in [-0.25, -0.2) is 4.98 Å². The number of halogens is 1. The Labute approximate surface area is 154 Å². The van der Waals surface area contributed by atoms with E-state index >= 15 is 0 Å². The lowest BCUT2D eigenvalue weighted by Gasteiger charge is -2.32. The van der Waals surface area contributed by atoms with Crippen LogP contribution in [0, 0.1) is 0 Å². The Balaban J connectivity index is 1.89. The van der Waals surface area contributed by atoms with Crippen molar-refractivity contribution in [3.8, 4) is 5.75 Å². The summed E-state index contributed by atoms with van der Waals surface area (Å²) in [6, 6.07) is 0. The molecule has 0 bridgehead atoms. The van der Waals surface area contributed by atoms with Crippen molar-refractivity contribution in [2.45, 2.75) is 46.0 Å². The van der Waals surface area contributed by atoms with E-state index in [0.717, 1.165) is 0 Å². The number of aryl methyl sites for hydroxylation is 1. The number of aromatic nitrogens is 4. The van der Waals surface area contributed by atoms with E-state index in [1.807, 2.05) is 6.92 Å². The van der Waals surface area contributed by atoms with Gasteiger partial charge in [-0.15, -0.1) is 0 Å². The summed E-state index contributed by atoms with van der Waals surface area (Å²) in [5.74, 6) is -1.08. The number of nitrogens with zero attached hydrogens (tertiary/aromatic N) is 4. The first-order valence-electron chi connectivity index (χ1n) is 8.23. The zero-order valence-electron chi connectivity index (χ0n) is 14.7. The van der Waals surface area contributed by atoms with Gasteiger partial charge in [-0.3, -0.25) is 18.8 Å². The van der Waals surface area contributed by atoms with E-state index in [4.69, 9.17) is 16.3 Å². The van der Waals surface area contributed by atoms with E-state index in [1.54, 1.807) is 24.7 Å². The van der Waals surface area contributed by atoms with Crippen molar-refractivity contribution >= 4 is 17.5 Å². The molecule has 1 amide bonds. The lowest BCUT2D eigenvalue weighted by molar-refractivity contribution is -0.0566. The molecule has 2 aromatic rings. The molecule has 0 saturated carbocycles. The van der Waals surface area contributed by atoms with Crippen molar-refractivity contribution in [2.75, 3.05) is 6.61 Å². The summed E-state index contributed by atoms with van der Waals surface area (Å²) in [6.45, 7) is 6.70. The number of hydrogen-bond donors (Lipinski definition) is 2. The largest absolute Gasteiger partial charge is 0.501 e. The van der Waals surface area contributed by atoms with Gasteiger partial charge in [-0.1, -0.05) is 11.6 Å². The Kier molecular flexibility index (Phi) is 4.76. The molecule has 0 aliphatic carbocycles. The van der Waals surface area contributed by atoms with Gasteiger partial charge < -0.3 is 15.2 Å². The molecule has 1 aliphatic heterocycles. The number of ether oxygens (including phenoxy) is 1. The monoisotopic (exact) mass is 381 g/mol. The molecule has 0 spiro atoms. The minimum absolute atomic E-state index is 0.0457. The van der Waals surface area contributed by atoms with E-state index in [2.05, 4.69) is 15.4 Å². The minimum Gasteiger partial charge on any atom is -0.501 e. The molecule has 1 aliphatic rings. The van der Waals surface area contributed by atoms with Crippen molar-refractivity contribution in [3.63, 3.8) is 0 Å². The third-order valence-electron chi connectivity index (χ3n) is 4.20. The number of nitrogens with one attached hydrogen (secondary N) is 1. The Morgan fingerprint density at radius 2 is 2.23 bits per heavy atom. The van der Waals surface area contributed by atoms with E-state index in [-0.39, 0.29) is 18.8 Å². The van der Waals surface area contributed by atoms with Gasteiger partial charge in [0.25, 0.3) is 11.5 Å². The molecule has 140 valence electrons. The lowest BCUT2D eigenvalue weighted by Crippen LogP contribution is -2.42. The van der Waals surface area contributed by atoms with Crippen LogP contribution < -0.4 is 10.9 Å². The Morgan fingerprint density at radius 3 is 2.88 bits per heavy atom. The molecule has 0 fully saturated rings. The molecular formula is C16H20ClN5O4. The van der Waals surface area contributed by atoms with Gasteiger partial charge in [-0.05, 0) is 20.8 Å². The van der Waals surface area contributed by atoms with Crippen LogP contribution in [-0.2, 0) is 30.0 Å². The molecular weight excluding hydrogens is 362 g/mol. The van der Waals surface area contributed by atoms with E-state index in [9.17, 15) is 14.7 Å². The highest BCUT2D eigenvalue weighted by atomic mass is 35.5. The second-order valence-corrected chi connectivity index (χ2v) is 6.82. The lowest BCUT2D eigenvalue weighted by atomic mass is 10.1. The highest BCUT2D eigenvalue weighted by Gasteiger charge is 2.34. The molecule has 9 nitrogen and oxygen atoms in total. The molecule has 10 heteroatoms. The first-order chi connectivity index (χ1) is 12.2. The predicted molar refractivity (Wildman–Crippen MR) is 93.2 cm³/mol. The first-order valence-corrected chi connectivity index (χ1v) is 8.60. The molecule has 2 N–H and O–H groups in total. The predicted octanol–water partition coefficient (Wildman–Crippen LogP) is 1.01. The number of hydrogen-bond acceptors (Lipinski definition) is 6. The van der Waals surface area contributed by atoms with Crippen molar-refractivity contribution in [1.29, 1.82) is 0 Å². The quantitative estimate of drug-likeness (QED) is 0.817. The average molecular weight is 382 g/mol. The summed E-state index contributed by atoms with van der Waals surface area (Å²) >= 11 is 6.07. The highest BCUT2D eigenvalue weighted by molar-refractivity contribution is 6.31. The number of carbonyl (C=O) groups is 1. The summed E-state index contributed by atoms with van der Waals surface area (Å²) in [5, 5.41) is 17.4. The Bertz CT molecular complexity index is 918. The number of carbonyl (C=O) groups excluding carboxylic acids is 1. The number of amides is 1. The van der Waals surface area contributed by atoms with E-state index in [1.165, 1.54) is 4.57 Å². The summed E-state index contributed by atoms with van der Waals surface area (Å²) in [6.07, 6.45) is 1.66. The van der Waals surface area contributed by atoms with Crippen LogP contribution >= 0.6 is 11.6 Å². The van der Waals surface area contributed by atoms with Gasteiger partial charge in [0.1, 0.15) is 17.1 Å². The molecule has 0 aromatic carbocycles. The van der Waals surface area contributed by atoms with Crippen LogP contribution in [0.25, 0.3) is 0 Å². The van der Waals surface area contributed by atoms with E-state index in [0.29, 0.717) is 29.7 Å². The van der Waals surface area contributed by atoms with Crippen LogP contribution in [0.15, 0.2) is 11.0 Å². The third kappa shape index (κ3) is 3.19. The topological polar surface area (TPSA) is 111 Å². The maximum Gasteiger partial charge on any atom is 0.296 e. The minimum atomic E-state index is -0.844. The van der Waals surface area contributed by atoms with E-state index < -0.39 is 22.8 Å². The van der Waals surface area contributed by atoms with Crippen LogP contribution in [0.1, 0.15) is 42.8 Å². The van der Waals surface area contributed by atoms with Crippen LogP contribution in [0.4, 0.5) is 0 Å². The SMILES string of the molecule is CCn1cc(Cl)c(CNC(=O)c2nc3n(c(=O)c2O)CCOC3(C)C)n1. The van der Waals surface area contributed by atoms with Crippen molar-refractivity contribution in [3.05, 3.63) is 38.8 Å². The van der Waals surface area contributed by atoms with Crippen LogP contribution in [0.5, 0.6) is 5.75 Å². The van der Waals surface area contributed by atoms with Gasteiger partial charge in [0.15, 0.2) is 5.69 Å². The molecule has 2 aromatic heterocycles. The number of aromatic hydroxyl groups is 1. The van der Waals surface area contributed by atoms with Gasteiger partial charge in [0.05, 0.1) is 24.7 Å². The molecule has 3 heterocycles.